The monoisotopic (exact) mass is 463 g/mol. The average molecular weight is 464 g/mol. The highest BCUT2D eigenvalue weighted by Crippen LogP contribution is 2.43. The number of carbonyl (C=O) groups is 2. The number of halogens is 3. The van der Waals surface area contributed by atoms with Gasteiger partial charge in [-0.15, -0.1) is 0 Å². The molecule has 1 aromatic carbocycles. The summed E-state index contributed by atoms with van der Waals surface area (Å²) in [6.45, 7) is 6.84. The summed E-state index contributed by atoms with van der Waals surface area (Å²) in [5.74, 6) is -0.0865. The summed E-state index contributed by atoms with van der Waals surface area (Å²) < 4.78 is 41.1. The van der Waals surface area contributed by atoms with E-state index < -0.39 is 11.7 Å². The Labute approximate surface area is 190 Å². The first-order valence-electron chi connectivity index (χ1n) is 11.3. The maximum absolute atomic E-state index is 13.3. The van der Waals surface area contributed by atoms with Crippen molar-refractivity contribution in [3.63, 3.8) is 0 Å². The zero-order chi connectivity index (χ0) is 23.8. The smallest absolute Gasteiger partial charge is 0.335 e. The lowest BCUT2D eigenvalue weighted by Gasteiger charge is -2.37. The van der Waals surface area contributed by atoms with Gasteiger partial charge in [-0.25, -0.2) is 9.48 Å². The molecule has 0 radical (unpaired) electrons. The number of hydrogen-bond acceptors (Lipinski definition) is 3. The van der Waals surface area contributed by atoms with Crippen molar-refractivity contribution < 1.29 is 22.8 Å². The number of alkyl halides is 3. The highest BCUT2D eigenvalue weighted by Gasteiger charge is 2.36. The summed E-state index contributed by atoms with van der Waals surface area (Å²) in [7, 11) is 0. The van der Waals surface area contributed by atoms with Gasteiger partial charge in [-0.2, -0.15) is 18.3 Å². The quantitative estimate of drug-likeness (QED) is 0.674. The van der Waals surface area contributed by atoms with Crippen LogP contribution in [0.4, 0.5) is 18.0 Å². The number of carbonyl (C=O) groups excluding carboxylic acids is 2. The highest BCUT2D eigenvalue weighted by atomic mass is 19.4. The minimum Gasteiger partial charge on any atom is -0.335 e. The largest absolute Gasteiger partial charge is 0.416 e. The Balaban J connectivity index is 1.53. The maximum Gasteiger partial charge on any atom is 0.416 e. The second-order valence-corrected chi connectivity index (χ2v) is 8.41. The molecule has 2 fully saturated rings. The Kier molecular flexibility index (Phi) is 6.36. The molecule has 1 aromatic heterocycles. The van der Waals surface area contributed by atoms with Gasteiger partial charge in [-0.05, 0) is 44.9 Å². The van der Waals surface area contributed by atoms with Crippen molar-refractivity contribution in [3.05, 3.63) is 47.3 Å². The van der Waals surface area contributed by atoms with Crippen LogP contribution >= 0.6 is 0 Å². The van der Waals surface area contributed by atoms with Crippen molar-refractivity contribution in [2.24, 2.45) is 0 Å². The maximum atomic E-state index is 13.3. The first-order chi connectivity index (χ1) is 15.7. The van der Waals surface area contributed by atoms with E-state index >= 15 is 0 Å². The molecule has 0 N–H and O–H groups in total. The number of nitrogens with zero attached hydrogens (tertiary/aromatic N) is 5. The minimum absolute atomic E-state index is 0.0249. The van der Waals surface area contributed by atoms with E-state index in [2.05, 4.69) is 5.10 Å². The predicted octanol–water partition coefficient (Wildman–Crippen LogP) is 3.99. The number of amides is 3. The van der Waals surface area contributed by atoms with Gasteiger partial charge >= 0.3 is 12.2 Å². The summed E-state index contributed by atoms with van der Waals surface area (Å²) in [5.41, 5.74) is 0.638. The van der Waals surface area contributed by atoms with Crippen LogP contribution < -0.4 is 0 Å². The van der Waals surface area contributed by atoms with Crippen LogP contribution in [0.25, 0.3) is 5.69 Å². The Hall–Kier alpha value is -3.04. The minimum atomic E-state index is -4.45. The van der Waals surface area contributed by atoms with E-state index in [1.807, 2.05) is 13.8 Å². The second kappa shape index (κ2) is 9.07. The van der Waals surface area contributed by atoms with E-state index in [1.165, 1.54) is 16.9 Å². The third-order valence-corrected chi connectivity index (χ3v) is 6.29. The van der Waals surface area contributed by atoms with Gasteiger partial charge in [0, 0.05) is 45.2 Å². The summed E-state index contributed by atoms with van der Waals surface area (Å²) in [6, 6.07) is 4.98. The summed E-state index contributed by atoms with van der Waals surface area (Å²) >= 11 is 0. The molecular weight excluding hydrogens is 435 g/mol. The van der Waals surface area contributed by atoms with Crippen LogP contribution in [-0.4, -0.2) is 75.7 Å². The number of rotatable bonds is 5. The molecular formula is C23H28F3N5O2. The molecule has 4 rings (SSSR count). The molecule has 2 aliphatic rings. The molecule has 1 saturated heterocycles. The molecule has 0 atom stereocenters. The Morgan fingerprint density at radius 1 is 1.06 bits per heavy atom. The predicted molar refractivity (Wildman–Crippen MR) is 116 cm³/mol. The standard InChI is InChI=1S/C23H28F3N5O2/c1-3-28(4-2)22(33)30-12-10-29(11-13-30)21(32)19-15-27-31(20(19)16-8-9-16)18-7-5-6-17(14-18)23(24,25)26/h5-7,14-16H,3-4,8-13H2,1-2H3. The SMILES string of the molecule is CCN(CC)C(=O)N1CCN(C(=O)c2cnn(-c3cccc(C(F)(F)F)c3)c2C2CC2)CC1. The van der Waals surface area contributed by atoms with Gasteiger partial charge in [-0.3, -0.25) is 4.79 Å². The van der Waals surface area contributed by atoms with Crippen molar-refractivity contribution in [1.82, 2.24) is 24.5 Å². The lowest BCUT2D eigenvalue weighted by atomic mass is 10.1. The normalized spacial score (nSPS) is 16.8. The lowest BCUT2D eigenvalue weighted by Crippen LogP contribution is -2.54. The van der Waals surface area contributed by atoms with Gasteiger partial charge in [0.1, 0.15) is 0 Å². The molecule has 1 aliphatic carbocycles. The van der Waals surface area contributed by atoms with Crippen LogP contribution in [0, 0.1) is 0 Å². The second-order valence-electron chi connectivity index (χ2n) is 8.41. The van der Waals surface area contributed by atoms with Crippen LogP contribution in [0.5, 0.6) is 0 Å². The summed E-state index contributed by atoms with van der Waals surface area (Å²) in [5, 5.41) is 4.31. The van der Waals surface area contributed by atoms with Crippen molar-refractivity contribution >= 4 is 11.9 Å². The number of aromatic nitrogens is 2. The topological polar surface area (TPSA) is 61.7 Å². The van der Waals surface area contributed by atoms with Crippen molar-refractivity contribution in [2.45, 2.75) is 38.8 Å². The molecule has 0 spiro atoms. The van der Waals surface area contributed by atoms with E-state index in [-0.39, 0.29) is 17.9 Å². The molecule has 33 heavy (non-hydrogen) atoms. The third kappa shape index (κ3) is 4.69. The Morgan fingerprint density at radius 2 is 1.70 bits per heavy atom. The van der Waals surface area contributed by atoms with Crippen LogP contribution in [0.15, 0.2) is 30.5 Å². The van der Waals surface area contributed by atoms with E-state index in [1.54, 1.807) is 20.8 Å². The summed E-state index contributed by atoms with van der Waals surface area (Å²) in [6.07, 6.45) is -1.25. The summed E-state index contributed by atoms with van der Waals surface area (Å²) in [4.78, 5) is 31.1. The zero-order valence-corrected chi connectivity index (χ0v) is 18.8. The molecule has 3 amide bonds. The molecule has 7 nitrogen and oxygen atoms in total. The van der Waals surface area contributed by atoms with Gasteiger partial charge < -0.3 is 14.7 Å². The number of piperazine rings is 1. The van der Waals surface area contributed by atoms with E-state index in [0.29, 0.717) is 56.2 Å². The molecule has 10 heteroatoms. The molecule has 0 bridgehead atoms. The zero-order valence-electron chi connectivity index (χ0n) is 18.8. The van der Waals surface area contributed by atoms with Gasteiger partial charge in [0.2, 0.25) is 0 Å². The molecule has 178 valence electrons. The highest BCUT2D eigenvalue weighted by molar-refractivity contribution is 5.95. The van der Waals surface area contributed by atoms with E-state index in [9.17, 15) is 22.8 Å². The molecule has 1 aliphatic heterocycles. The van der Waals surface area contributed by atoms with Crippen LogP contribution in [0.1, 0.15) is 54.2 Å². The first-order valence-corrected chi connectivity index (χ1v) is 11.3. The molecule has 0 unspecified atom stereocenters. The number of urea groups is 1. The van der Waals surface area contributed by atoms with Crippen molar-refractivity contribution in [2.75, 3.05) is 39.3 Å². The fraction of sp³-hybridized carbons (Fsp3) is 0.522. The van der Waals surface area contributed by atoms with Crippen LogP contribution in [-0.2, 0) is 6.18 Å². The third-order valence-electron chi connectivity index (χ3n) is 6.29. The van der Waals surface area contributed by atoms with Crippen molar-refractivity contribution in [3.8, 4) is 5.69 Å². The molecule has 2 heterocycles. The fourth-order valence-corrected chi connectivity index (χ4v) is 4.26. The molecule has 1 saturated carbocycles. The number of hydrogen-bond donors (Lipinski definition) is 0. The van der Waals surface area contributed by atoms with Crippen LogP contribution in [0.3, 0.4) is 0 Å². The Morgan fingerprint density at radius 3 is 2.27 bits per heavy atom. The van der Waals surface area contributed by atoms with E-state index in [4.69, 9.17) is 0 Å². The van der Waals surface area contributed by atoms with Gasteiger partial charge in [0.15, 0.2) is 0 Å². The number of benzene rings is 1. The van der Waals surface area contributed by atoms with Gasteiger partial charge in [0.05, 0.1) is 28.7 Å². The average Bonchev–Trinajstić information content (AvgIpc) is 3.56. The first kappa shape index (κ1) is 23.1. The molecule has 2 aromatic rings. The Bertz CT molecular complexity index is 1020. The fourth-order valence-electron chi connectivity index (χ4n) is 4.26. The van der Waals surface area contributed by atoms with Crippen LogP contribution in [0.2, 0.25) is 0 Å². The van der Waals surface area contributed by atoms with Crippen molar-refractivity contribution in [1.29, 1.82) is 0 Å². The van der Waals surface area contributed by atoms with Gasteiger partial charge in [0.25, 0.3) is 5.91 Å². The lowest BCUT2D eigenvalue weighted by molar-refractivity contribution is -0.137. The van der Waals surface area contributed by atoms with E-state index in [0.717, 1.165) is 25.0 Å². The van der Waals surface area contributed by atoms with Gasteiger partial charge in [-0.1, -0.05) is 6.07 Å².